The lowest BCUT2D eigenvalue weighted by molar-refractivity contribution is 0.0898. The van der Waals surface area contributed by atoms with Gasteiger partial charge in [0.15, 0.2) is 5.78 Å². The van der Waals surface area contributed by atoms with E-state index in [1.165, 1.54) is 5.56 Å². The molecule has 32 heavy (non-hydrogen) atoms. The van der Waals surface area contributed by atoms with Crippen molar-refractivity contribution in [1.82, 2.24) is 14.8 Å². The maximum absolute atomic E-state index is 13.4. The number of carbonyl (C=O) groups excluding carboxylic acids is 1. The minimum Gasteiger partial charge on any atom is -0.294 e. The van der Waals surface area contributed by atoms with Crippen molar-refractivity contribution in [2.45, 2.75) is 44.4 Å². The van der Waals surface area contributed by atoms with Crippen molar-refractivity contribution in [3.63, 3.8) is 0 Å². The first-order valence-electron chi connectivity index (χ1n) is 10.9. The second-order valence-corrected chi connectivity index (χ2v) is 10.5. The molecule has 2 aromatic heterocycles. The fourth-order valence-corrected chi connectivity index (χ4v) is 6.06. The number of carbonyl (C=O) groups is 1. The molecule has 5 nitrogen and oxygen atoms in total. The van der Waals surface area contributed by atoms with Crippen LogP contribution in [-0.2, 0) is 0 Å². The van der Waals surface area contributed by atoms with E-state index in [0.29, 0.717) is 17.9 Å². The third kappa shape index (κ3) is 2.85. The number of fused-ring (bicyclic) bond motifs is 2. The first-order chi connectivity index (χ1) is 15.5. The molecule has 0 radical (unpaired) electrons. The van der Waals surface area contributed by atoms with E-state index in [0.717, 1.165) is 33.2 Å². The average Bonchev–Trinajstić information content (AvgIpc) is 3.29. The highest BCUT2D eigenvalue weighted by atomic mass is 32.1. The van der Waals surface area contributed by atoms with Gasteiger partial charge in [0.2, 0.25) is 5.13 Å². The number of ketones is 1. The Morgan fingerprint density at radius 2 is 1.84 bits per heavy atom. The number of rotatable bonds is 3. The summed E-state index contributed by atoms with van der Waals surface area (Å²) in [4.78, 5) is 18.2. The van der Waals surface area contributed by atoms with Crippen LogP contribution in [0.5, 0.6) is 0 Å². The topological polar surface area (TPSA) is 71.6 Å². The Morgan fingerprint density at radius 1 is 1.09 bits per heavy atom. The van der Waals surface area contributed by atoms with Crippen LogP contribution >= 0.6 is 11.3 Å². The van der Waals surface area contributed by atoms with Crippen molar-refractivity contribution >= 4 is 27.3 Å². The number of aromatic nitrogens is 3. The summed E-state index contributed by atoms with van der Waals surface area (Å²) < 4.78 is 2.87. The van der Waals surface area contributed by atoms with Gasteiger partial charge in [-0.05, 0) is 35.4 Å². The van der Waals surface area contributed by atoms with E-state index in [1.807, 2.05) is 48.9 Å². The van der Waals surface area contributed by atoms with E-state index in [1.54, 1.807) is 11.3 Å². The van der Waals surface area contributed by atoms with E-state index < -0.39 is 11.3 Å². The van der Waals surface area contributed by atoms with Gasteiger partial charge in [0.05, 0.1) is 39.2 Å². The van der Waals surface area contributed by atoms with E-state index in [9.17, 15) is 10.1 Å². The predicted octanol–water partition coefficient (Wildman–Crippen LogP) is 5.97. The van der Waals surface area contributed by atoms with Crippen molar-refractivity contribution in [3.05, 3.63) is 77.1 Å². The van der Waals surface area contributed by atoms with Crippen LogP contribution in [0.4, 0.5) is 0 Å². The summed E-state index contributed by atoms with van der Waals surface area (Å²) in [6.45, 7) is 4.00. The minimum absolute atomic E-state index is 0.0950. The van der Waals surface area contributed by atoms with Crippen molar-refractivity contribution in [2.24, 2.45) is 5.41 Å². The maximum atomic E-state index is 13.4. The van der Waals surface area contributed by atoms with E-state index in [4.69, 9.17) is 10.1 Å². The molecule has 2 aliphatic rings. The van der Waals surface area contributed by atoms with Crippen LogP contribution in [0.3, 0.4) is 0 Å². The van der Waals surface area contributed by atoms with Crippen molar-refractivity contribution < 1.29 is 4.79 Å². The molecule has 0 aliphatic heterocycles. The molecule has 0 N–H and O–H groups in total. The fourth-order valence-electron chi connectivity index (χ4n) is 5.13. The zero-order chi connectivity index (χ0) is 22.0. The highest BCUT2D eigenvalue weighted by Gasteiger charge is 2.50. The Bertz CT molecular complexity index is 1380. The Morgan fingerprint density at radius 3 is 2.59 bits per heavy atom. The number of Topliss-reactive ketones (excluding diaryl/α,β-unsaturated/α-hetero) is 1. The van der Waals surface area contributed by atoms with Gasteiger partial charge >= 0.3 is 0 Å². The molecule has 2 aliphatic carbocycles. The molecule has 1 fully saturated rings. The summed E-state index contributed by atoms with van der Waals surface area (Å²) >= 11 is 1.55. The molecule has 2 heterocycles. The Labute approximate surface area is 190 Å². The van der Waals surface area contributed by atoms with Crippen LogP contribution in [-0.4, -0.2) is 20.5 Å². The number of para-hydroxylation sites is 1. The van der Waals surface area contributed by atoms with E-state index >= 15 is 0 Å². The molecule has 0 bridgehead atoms. The third-order valence-electron chi connectivity index (χ3n) is 6.86. The molecule has 6 rings (SSSR count). The first-order valence-corrected chi connectivity index (χ1v) is 11.8. The second kappa shape index (κ2) is 6.85. The van der Waals surface area contributed by atoms with Gasteiger partial charge < -0.3 is 0 Å². The van der Waals surface area contributed by atoms with Gasteiger partial charge in [0, 0.05) is 12.3 Å². The molecule has 6 heteroatoms. The number of nitrogens with zero attached hydrogens (tertiary/aromatic N) is 4. The summed E-state index contributed by atoms with van der Waals surface area (Å²) in [5, 5.41) is 15.9. The monoisotopic (exact) mass is 438 g/mol. The number of hydrogen-bond donors (Lipinski definition) is 0. The van der Waals surface area contributed by atoms with Gasteiger partial charge in [-0.3, -0.25) is 4.79 Å². The third-order valence-corrected chi connectivity index (χ3v) is 7.87. The molecule has 3 atom stereocenters. The predicted molar refractivity (Wildman–Crippen MR) is 124 cm³/mol. The summed E-state index contributed by atoms with van der Waals surface area (Å²) in [5.74, 6) is 0.239. The van der Waals surface area contributed by atoms with Crippen LogP contribution in [0.15, 0.2) is 54.6 Å². The summed E-state index contributed by atoms with van der Waals surface area (Å²) in [6, 6.07) is 20.9. The van der Waals surface area contributed by atoms with E-state index in [2.05, 4.69) is 30.3 Å². The zero-order valence-corrected chi connectivity index (χ0v) is 18.8. The average molecular weight is 439 g/mol. The SMILES string of the molecule is CC1(C)CC(=O)c2c(C3CC3c3ccccc3)nn(-c3nc4ccccc4s3)c2C1C#N. The molecule has 4 aromatic rings. The summed E-state index contributed by atoms with van der Waals surface area (Å²) in [5.41, 5.74) is 3.96. The molecule has 0 saturated heterocycles. The minimum atomic E-state index is -0.451. The lowest BCUT2D eigenvalue weighted by Gasteiger charge is -2.33. The smallest absolute Gasteiger partial charge is 0.211 e. The largest absolute Gasteiger partial charge is 0.294 e. The summed E-state index contributed by atoms with van der Waals surface area (Å²) in [6.07, 6.45) is 1.33. The highest BCUT2D eigenvalue weighted by molar-refractivity contribution is 7.20. The van der Waals surface area contributed by atoms with Crippen molar-refractivity contribution in [2.75, 3.05) is 0 Å². The van der Waals surface area contributed by atoms with Crippen LogP contribution in [0, 0.1) is 16.7 Å². The van der Waals surface area contributed by atoms with Crippen molar-refractivity contribution in [1.29, 1.82) is 5.26 Å². The number of thiazole rings is 1. The Hall–Kier alpha value is -3.30. The second-order valence-electron chi connectivity index (χ2n) is 9.53. The van der Waals surface area contributed by atoms with Crippen molar-refractivity contribution in [3.8, 4) is 11.2 Å². The summed E-state index contributed by atoms with van der Waals surface area (Å²) in [7, 11) is 0. The van der Waals surface area contributed by atoms with E-state index in [-0.39, 0.29) is 11.7 Å². The Kier molecular flexibility index (Phi) is 4.15. The van der Waals surface area contributed by atoms with Gasteiger partial charge in [-0.1, -0.05) is 67.6 Å². The number of nitriles is 1. The lowest BCUT2D eigenvalue weighted by Crippen LogP contribution is -2.32. The van der Waals surface area contributed by atoms with Gasteiger partial charge in [0.1, 0.15) is 0 Å². The van der Waals surface area contributed by atoms with Crippen LogP contribution in [0.25, 0.3) is 15.3 Å². The highest BCUT2D eigenvalue weighted by Crippen LogP contribution is 2.57. The quantitative estimate of drug-likeness (QED) is 0.395. The molecule has 0 spiro atoms. The normalized spacial score (nSPS) is 23.7. The van der Waals surface area contributed by atoms with Gasteiger partial charge in [0.25, 0.3) is 0 Å². The van der Waals surface area contributed by atoms with Crippen LogP contribution in [0.1, 0.15) is 71.8 Å². The van der Waals surface area contributed by atoms with Crippen LogP contribution < -0.4 is 0 Å². The molecule has 3 unspecified atom stereocenters. The molecular weight excluding hydrogens is 416 g/mol. The number of benzene rings is 2. The fraction of sp³-hybridized carbons (Fsp3) is 0.308. The van der Waals surface area contributed by atoms with Gasteiger partial charge in [-0.25, -0.2) is 9.67 Å². The molecule has 2 aromatic carbocycles. The molecule has 158 valence electrons. The van der Waals surface area contributed by atoms with Gasteiger partial charge in [-0.2, -0.15) is 10.4 Å². The standard InChI is InChI=1S/C26H22N4OS/c1-26(2)13-20(31)22-23(17-12-16(17)15-8-4-3-5-9-15)29-30(24(22)18(26)14-27)25-28-19-10-6-7-11-21(19)32-25/h3-11,16-18H,12-13H2,1-2H3. The molecule has 1 saturated carbocycles. The Balaban J connectivity index is 1.55. The molecule has 0 amide bonds. The number of hydrogen-bond acceptors (Lipinski definition) is 5. The van der Waals surface area contributed by atoms with Gasteiger partial charge in [-0.15, -0.1) is 0 Å². The lowest BCUT2D eigenvalue weighted by atomic mass is 9.68. The molecular formula is C26H22N4OS. The van der Waals surface area contributed by atoms with Crippen LogP contribution in [0.2, 0.25) is 0 Å². The maximum Gasteiger partial charge on any atom is 0.211 e. The first kappa shape index (κ1) is 19.4. The zero-order valence-electron chi connectivity index (χ0n) is 17.9.